The smallest absolute Gasteiger partial charge is 0.422 e. The lowest BCUT2D eigenvalue weighted by Gasteiger charge is -2.17. The predicted octanol–water partition coefficient (Wildman–Crippen LogP) is 5.44. The molecule has 0 fully saturated rings. The van der Waals surface area contributed by atoms with Crippen LogP contribution in [0.5, 0.6) is 5.75 Å². The summed E-state index contributed by atoms with van der Waals surface area (Å²) in [6, 6.07) is 7.48. The van der Waals surface area contributed by atoms with Gasteiger partial charge in [0.2, 0.25) is 0 Å². The number of alkyl halides is 3. The fourth-order valence-corrected chi connectivity index (χ4v) is 3.42. The van der Waals surface area contributed by atoms with E-state index in [-0.39, 0.29) is 10.6 Å². The molecule has 3 aromatic heterocycles. The van der Waals surface area contributed by atoms with Crippen LogP contribution in [0.15, 0.2) is 55.1 Å². The van der Waals surface area contributed by atoms with Crippen molar-refractivity contribution < 1.29 is 27.4 Å². The molecule has 3 heterocycles. The summed E-state index contributed by atoms with van der Waals surface area (Å²) < 4.78 is 56.8. The Morgan fingerprint density at radius 3 is 2.68 bits per heavy atom. The van der Waals surface area contributed by atoms with E-state index < -0.39 is 36.0 Å². The molecule has 0 bridgehead atoms. The number of H-pyrrole nitrogens is 1. The number of nitrogens with one attached hydrogen (secondary N) is 1. The Bertz CT molecular complexity index is 1230. The number of hydrogen-bond donors (Lipinski definition) is 2. The van der Waals surface area contributed by atoms with Crippen LogP contribution < -0.4 is 4.74 Å². The SMILES string of the molecule is OC(c1c(Cl)ccc(OCC(F)(F)F)c1F)c1c[nH]c2ncc(-c3cccnc3)cc12. The van der Waals surface area contributed by atoms with Crippen molar-refractivity contribution in [1.82, 2.24) is 15.0 Å². The summed E-state index contributed by atoms with van der Waals surface area (Å²) in [4.78, 5) is 11.2. The molecular weight excluding hydrogens is 438 g/mol. The van der Waals surface area contributed by atoms with Crippen molar-refractivity contribution in [2.24, 2.45) is 0 Å². The maximum Gasteiger partial charge on any atom is 0.422 e. The number of benzene rings is 1. The second kappa shape index (κ2) is 8.16. The normalized spacial score (nSPS) is 12.8. The minimum Gasteiger partial charge on any atom is -0.481 e. The molecule has 10 heteroatoms. The zero-order valence-corrected chi connectivity index (χ0v) is 16.4. The lowest BCUT2D eigenvalue weighted by atomic mass is 9.99. The van der Waals surface area contributed by atoms with E-state index in [1.54, 1.807) is 30.7 Å². The molecule has 4 aromatic rings. The van der Waals surface area contributed by atoms with Gasteiger partial charge in [0.15, 0.2) is 18.2 Å². The lowest BCUT2D eigenvalue weighted by Crippen LogP contribution is -2.20. The average molecular weight is 452 g/mol. The summed E-state index contributed by atoms with van der Waals surface area (Å²) in [5.74, 6) is -1.83. The fourth-order valence-electron chi connectivity index (χ4n) is 3.17. The molecule has 2 N–H and O–H groups in total. The van der Waals surface area contributed by atoms with E-state index in [0.29, 0.717) is 16.6 Å². The third kappa shape index (κ3) is 4.33. The molecule has 4 rings (SSSR count). The molecular formula is C21H14ClF4N3O2. The van der Waals surface area contributed by atoms with Crippen LogP contribution in [0.4, 0.5) is 17.6 Å². The molecule has 1 atom stereocenters. The largest absolute Gasteiger partial charge is 0.481 e. The van der Waals surface area contributed by atoms with Gasteiger partial charge in [-0.25, -0.2) is 9.37 Å². The van der Waals surface area contributed by atoms with Crippen molar-refractivity contribution in [1.29, 1.82) is 0 Å². The lowest BCUT2D eigenvalue weighted by molar-refractivity contribution is -0.153. The maximum atomic E-state index is 14.9. The third-order valence-electron chi connectivity index (χ3n) is 4.61. The number of halogens is 5. The zero-order valence-electron chi connectivity index (χ0n) is 15.6. The minimum atomic E-state index is -4.64. The Hall–Kier alpha value is -3.17. The Morgan fingerprint density at radius 1 is 1.16 bits per heavy atom. The van der Waals surface area contributed by atoms with E-state index in [9.17, 15) is 22.7 Å². The highest BCUT2D eigenvalue weighted by atomic mass is 35.5. The zero-order chi connectivity index (χ0) is 22.2. The first-order valence-corrected chi connectivity index (χ1v) is 9.35. The molecule has 0 radical (unpaired) electrons. The molecule has 0 amide bonds. The van der Waals surface area contributed by atoms with Gasteiger partial charge in [0.05, 0.1) is 0 Å². The number of aromatic nitrogens is 3. The van der Waals surface area contributed by atoms with Gasteiger partial charge in [0, 0.05) is 57.5 Å². The first-order valence-electron chi connectivity index (χ1n) is 8.97. The van der Waals surface area contributed by atoms with Crippen LogP contribution in [0.25, 0.3) is 22.2 Å². The number of fused-ring (bicyclic) bond motifs is 1. The van der Waals surface area contributed by atoms with Gasteiger partial charge in [0.25, 0.3) is 0 Å². The van der Waals surface area contributed by atoms with Crippen molar-refractivity contribution in [3.8, 4) is 16.9 Å². The van der Waals surface area contributed by atoms with Crippen LogP contribution >= 0.6 is 11.6 Å². The third-order valence-corrected chi connectivity index (χ3v) is 4.94. The van der Waals surface area contributed by atoms with Gasteiger partial charge in [-0.3, -0.25) is 4.98 Å². The summed E-state index contributed by atoms with van der Waals surface area (Å²) in [5, 5.41) is 11.2. The van der Waals surface area contributed by atoms with Gasteiger partial charge in [-0.2, -0.15) is 13.2 Å². The number of pyridine rings is 2. The molecule has 5 nitrogen and oxygen atoms in total. The Morgan fingerprint density at radius 2 is 1.97 bits per heavy atom. The summed E-state index contributed by atoms with van der Waals surface area (Å²) in [6.45, 7) is -1.67. The van der Waals surface area contributed by atoms with E-state index in [0.717, 1.165) is 11.6 Å². The van der Waals surface area contributed by atoms with Gasteiger partial charge >= 0.3 is 6.18 Å². The maximum absolute atomic E-state index is 14.9. The topological polar surface area (TPSA) is 71.0 Å². The summed E-state index contributed by atoms with van der Waals surface area (Å²) >= 11 is 6.07. The van der Waals surface area contributed by atoms with Gasteiger partial charge in [-0.15, -0.1) is 0 Å². The standard InChI is InChI=1S/C21H14ClF4N3O2/c22-15-3-4-16(31-10-21(24,25)26)18(23)17(15)19(30)14-9-29-20-13(14)6-12(8-28-20)11-2-1-5-27-7-11/h1-9,19,30H,10H2,(H,28,29). The van der Waals surface area contributed by atoms with Crippen LogP contribution in [0.1, 0.15) is 17.2 Å². The highest BCUT2D eigenvalue weighted by Gasteiger charge is 2.30. The van der Waals surface area contributed by atoms with Crippen molar-refractivity contribution in [2.45, 2.75) is 12.3 Å². The van der Waals surface area contributed by atoms with E-state index in [1.165, 1.54) is 12.3 Å². The van der Waals surface area contributed by atoms with Gasteiger partial charge in [-0.1, -0.05) is 17.7 Å². The van der Waals surface area contributed by atoms with Crippen LogP contribution in [0.2, 0.25) is 5.02 Å². The Labute approximate surface area is 178 Å². The molecule has 0 saturated carbocycles. The van der Waals surface area contributed by atoms with Gasteiger partial charge in [-0.05, 0) is 24.3 Å². The number of aliphatic hydroxyl groups excluding tert-OH is 1. The predicted molar refractivity (Wildman–Crippen MR) is 106 cm³/mol. The number of ether oxygens (including phenoxy) is 1. The van der Waals surface area contributed by atoms with Crippen molar-refractivity contribution in [2.75, 3.05) is 6.61 Å². The molecule has 0 aliphatic rings. The molecule has 0 spiro atoms. The number of aliphatic hydroxyl groups is 1. The quantitative estimate of drug-likeness (QED) is 0.396. The van der Waals surface area contributed by atoms with Crippen LogP contribution in [0, 0.1) is 5.82 Å². The summed E-state index contributed by atoms with van der Waals surface area (Å²) in [6.07, 6.45) is 0.0975. The molecule has 160 valence electrons. The Balaban J connectivity index is 1.75. The highest BCUT2D eigenvalue weighted by molar-refractivity contribution is 6.31. The molecule has 0 aliphatic carbocycles. The van der Waals surface area contributed by atoms with E-state index in [2.05, 4.69) is 19.7 Å². The van der Waals surface area contributed by atoms with Crippen molar-refractivity contribution in [3.05, 3.63) is 77.1 Å². The van der Waals surface area contributed by atoms with Crippen LogP contribution in [-0.2, 0) is 0 Å². The fraction of sp³-hybridized carbons (Fsp3) is 0.143. The number of hydrogen-bond acceptors (Lipinski definition) is 4. The minimum absolute atomic E-state index is 0.157. The average Bonchev–Trinajstić information content (AvgIpc) is 3.16. The monoisotopic (exact) mass is 451 g/mol. The van der Waals surface area contributed by atoms with Gasteiger partial charge in [0.1, 0.15) is 11.8 Å². The second-order valence-electron chi connectivity index (χ2n) is 6.69. The van der Waals surface area contributed by atoms with Crippen molar-refractivity contribution in [3.63, 3.8) is 0 Å². The molecule has 0 aliphatic heterocycles. The summed E-state index contributed by atoms with van der Waals surface area (Å²) in [7, 11) is 0. The van der Waals surface area contributed by atoms with E-state index in [1.807, 2.05) is 6.07 Å². The molecule has 1 aromatic carbocycles. The number of rotatable bonds is 5. The summed E-state index contributed by atoms with van der Waals surface area (Å²) in [5.41, 5.74) is 1.78. The van der Waals surface area contributed by atoms with Crippen molar-refractivity contribution >= 4 is 22.6 Å². The molecule has 1 unspecified atom stereocenters. The number of nitrogens with zero attached hydrogens (tertiary/aromatic N) is 2. The van der Waals surface area contributed by atoms with E-state index >= 15 is 0 Å². The first-order chi connectivity index (χ1) is 14.7. The van der Waals surface area contributed by atoms with Crippen LogP contribution in [-0.4, -0.2) is 32.8 Å². The van der Waals surface area contributed by atoms with Gasteiger partial charge < -0.3 is 14.8 Å². The number of aromatic amines is 1. The van der Waals surface area contributed by atoms with Crippen LogP contribution in [0.3, 0.4) is 0 Å². The highest BCUT2D eigenvalue weighted by Crippen LogP contribution is 2.38. The molecule has 0 saturated heterocycles. The molecule has 31 heavy (non-hydrogen) atoms. The Kier molecular flexibility index (Phi) is 5.55. The second-order valence-corrected chi connectivity index (χ2v) is 7.09. The first kappa shape index (κ1) is 21.1. The van der Waals surface area contributed by atoms with E-state index in [4.69, 9.17) is 11.6 Å².